The summed E-state index contributed by atoms with van der Waals surface area (Å²) >= 11 is 0. The van der Waals surface area contributed by atoms with Crippen molar-refractivity contribution in [3.05, 3.63) is 0 Å². The third-order valence-electron chi connectivity index (χ3n) is 5.18. The molecule has 2 saturated carbocycles. The fraction of sp³-hybridized carbons (Fsp3) is 1.00. The van der Waals surface area contributed by atoms with Crippen LogP contribution in [0, 0.1) is 11.8 Å². The molecule has 3 aliphatic rings. The van der Waals surface area contributed by atoms with Gasteiger partial charge in [-0.2, -0.15) is 0 Å². The molecule has 1 heterocycles. The van der Waals surface area contributed by atoms with E-state index >= 15 is 0 Å². The molecule has 1 aliphatic heterocycles. The lowest BCUT2D eigenvalue weighted by Crippen LogP contribution is -2.51. The van der Waals surface area contributed by atoms with E-state index in [1.54, 1.807) is 0 Å². The molecule has 104 valence electrons. The number of piperidine rings is 1. The van der Waals surface area contributed by atoms with E-state index in [1.165, 1.54) is 45.1 Å². The van der Waals surface area contributed by atoms with E-state index in [0.29, 0.717) is 17.9 Å². The van der Waals surface area contributed by atoms with Gasteiger partial charge >= 0.3 is 0 Å². The van der Waals surface area contributed by atoms with Gasteiger partial charge in [0.2, 0.25) is 0 Å². The molecule has 3 nitrogen and oxygen atoms in total. The van der Waals surface area contributed by atoms with E-state index in [2.05, 4.69) is 4.90 Å². The molecular formula is C15H28N2O. The van der Waals surface area contributed by atoms with E-state index in [-0.39, 0.29) is 6.10 Å². The van der Waals surface area contributed by atoms with Crippen LogP contribution in [0.4, 0.5) is 0 Å². The smallest absolute Gasteiger partial charge is 0.0571 e. The number of likely N-dealkylation sites (tertiary alicyclic amines) is 1. The molecule has 0 bridgehead atoms. The van der Waals surface area contributed by atoms with Gasteiger partial charge < -0.3 is 10.8 Å². The Bertz CT molecular complexity index is 274. The molecule has 18 heavy (non-hydrogen) atoms. The highest BCUT2D eigenvalue weighted by atomic mass is 16.3. The van der Waals surface area contributed by atoms with Crippen LogP contribution in [0.15, 0.2) is 0 Å². The summed E-state index contributed by atoms with van der Waals surface area (Å²) in [4.78, 5) is 2.63. The Morgan fingerprint density at radius 1 is 1.11 bits per heavy atom. The molecule has 0 aromatic heterocycles. The van der Waals surface area contributed by atoms with Crippen LogP contribution >= 0.6 is 0 Å². The SMILES string of the molecule is NC1CC(CC(O)C2CC2)CN(C2CCCC2)C1. The third-order valence-corrected chi connectivity index (χ3v) is 5.18. The molecular weight excluding hydrogens is 224 g/mol. The van der Waals surface area contributed by atoms with Gasteiger partial charge in [0.25, 0.3) is 0 Å². The lowest BCUT2D eigenvalue weighted by Gasteiger charge is -2.40. The lowest BCUT2D eigenvalue weighted by molar-refractivity contribution is 0.0633. The Labute approximate surface area is 111 Å². The van der Waals surface area contributed by atoms with Crippen molar-refractivity contribution in [1.29, 1.82) is 0 Å². The first-order valence-corrected chi connectivity index (χ1v) is 7.90. The van der Waals surface area contributed by atoms with Crippen molar-refractivity contribution in [3.8, 4) is 0 Å². The summed E-state index contributed by atoms with van der Waals surface area (Å²) in [5.74, 6) is 1.24. The van der Waals surface area contributed by atoms with Crippen LogP contribution < -0.4 is 5.73 Å². The minimum Gasteiger partial charge on any atom is -0.393 e. The first-order valence-electron chi connectivity index (χ1n) is 7.90. The minimum absolute atomic E-state index is 0.0503. The normalized spacial score (nSPS) is 37.0. The van der Waals surface area contributed by atoms with Crippen LogP contribution in [-0.4, -0.2) is 41.3 Å². The predicted molar refractivity (Wildman–Crippen MR) is 73.3 cm³/mol. The standard InChI is InChI=1S/C15H28N2O/c16-13-7-11(8-15(18)12-5-6-12)9-17(10-13)14-3-1-2-4-14/h11-15,18H,1-10,16H2. The fourth-order valence-electron chi connectivity index (χ4n) is 4.04. The summed E-state index contributed by atoms with van der Waals surface area (Å²) in [5.41, 5.74) is 6.23. The zero-order valence-electron chi connectivity index (χ0n) is 11.4. The van der Waals surface area contributed by atoms with E-state index in [0.717, 1.165) is 25.4 Å². The zero-order chi connectivity index (χ0) is 12.5. The van der Waals surface area contributed by atoms with Gasteiger partial charge in [0, 0.05) is 25.2 Å². The van der Waals surface area contributed by atoms with E-state index in [4.69, 9.17) is 5.73 Å². The van der Waals surface area contributed by atoms with Crippen LogP contribution in [0.2, 0.25) is 0 Å². The Balaban J connectivity index is 1.53. The van der Waals surface area contributed by atoms with Crippen LogP contribution in [-0.2, 0) is 0 Å². The summed E-state index contributed by atoms with van der Waals surface area (Å²) in [5, 5.41) is 10.1. The Morgan fingerprint density at radius 2 is 1.83 bits per heavy atom. The van der Waals surface area contributed by atoms with Gasteiger partial charge in [-0.15, -0.1) is 0 Å². The van der Waals surface area contributed by atoms with Crippen molar-refractivity contribution in [3.63, 3.8) is 0 Å². The van der Waals surface area contributed by atoms with Crippen molar-refractivity contribution in [2.75, 3.05) is 13.1 Å². The molecule has 3 atom stereocenters. The Kier molecular flexibility index (Phi) is 3.92. The van der Waals surface area contributed by atoms with Gasteiger partial charge in [0.1, 0.15) is 0 Å². The van der Waals surface area contributed by atoms with Gasteiger partial charge in [-0.25, -0.2) is 0 Å². The summed E-state index contributed by atoms with van der Waals surface area (Å²) in [6, 6.07) is 1.12. The van der Waals surface area contributed by atoms with Crippen molar-refractivity contribution in [1.82, 2.24) is 4.90 Å². The molecule has 0 aromatic carbocycles. The molecule has 1 saturated heterocycles. The molecule has 3 unspecified atom stereocenters. The lowest BCUT2D eigenvalue weighted by atomic mass is 9.88. The summed E-state index contributed by atoms with van der Waals surface area (Å²) in [6.45, 7) is 2.27. The topological polar surface area (TPSA) is 49.5 Å². The molecule has 0 amide bonds. The summed E-state index contributed by atoms with van der Waals surface area (Å²) in [6.07, 6.45) is 10.1. The molecule has 0 spiro atoms. The monoisotopic (exact) mass is 252 g/mol. The quantitative estimate of drug-likeness (QED) is 0.801. The van der Waals surface area contributed by atoms with Crippen molar-refractivity contribution >= 4 is 0 Å². The van der Waals surface area contributed by atoms with Crippen LogP contribution in [0.25, 0.3) is 0 Å². The summed E-state index contributed by atoms with van der Waals surface area (Å²) in [7, 11) is 0. The van der Waals surface area contributed by atoms with Crippen LogP contribution in [0.1, 0.15) is 51.4 Å². The largest absolute Gasteiger partial charge is 0.393 e. The molecule has 3 rings (SSSR count). The zero-order valence-corrected chi connectivity index (χ0v) is 11.4. The maximum Gasteiger partial charge on any atom is 0.0571 e. The average Bonchev–Trinajstić information content (AvgIpc) is 3.04. The van der Waals surface area contributed by atoms with Crippen molar-refractivity contribution < 1.29 is 5.11 Å². The first kappa shape index (κ1) is 12.9. The van der Waals surface area contributed by atoms with E-state index in [1.807, 2.05) is 0 Å². The van der Waals surface area contributed by atoms with Gasteiger partial charge in [0.15, 0.2) is 0 Å². The molecule has 2 aliphatic carbocycles. The number of rotatable bonds is 4. The van der Waals surface area contributed by atoms with Gasteiger partial charge in [-0.3, -0.25) is 4.90 Å². The van der Waals surface area contributed by atoms with Crippen molar-refractivity contribution in [2.45, 2.75) is 69.6 Å². The van der Waals surface area contributed by atoms with E-state index in [9.17, 15) is 5.11 Å². The first-order chi connectivity index (χ1) is 8.72. The minimum atomic E-state index is -0.0503. The second kappa shape index (κ2) is 5.48. The molecule has 3 fully saturated rings. The number of nitrogens with two attached hydrogens (primary N) is 1. The molecule has 0 radical (unpaired) electrons. The Morgan fingerprint density at radius 3 is 2.50 bits per heavy atom. The number of hydrogen-bond donors (Lipinski definition) is 2. The number of hydrogen-bond acceptors (Lipinski definition) is 3. The maximum absolute atomic E-state index is 10.1. The highest BCUT2D eigenvalue weighted by Gasteiger charge is 2.35. The number of nitrogens with zero attached hydrogens (tertiary/aromatic N) is 1. The molecule has 3 N–H and O–H groups in total. The van der Waals surface area contributed by atoms with Gasteiger partial charge in [0.05, 0.1) is 6.10 Å². The summed E-state index contributed by atoms with van der Waals surface area (Å²) < 4.78 is 0. The average molecular weight is 252 g/mol. The van der Waals surface area contributed by atoms with Crippen LogP contribution in [0.5, 0.6) is 0 Å². The second-order valence-electron chi connectivity index (χ2n) is 6.89. The van der Waals surface area contributed by atoms with Gasteiger partial charge in [-0.05, 0) is 50.4 Å². The Hall–Kier alpha value is -0.120. The molecule has 3 heteroatoms. The number of aliphatic hydroxyl groups is 1. The molecule has 0 aromatic rings. The second-order valence-corrected chi connectivity index (χ2v) is 6.89. The highest BCUT2D eigenvalue weighted by Crippen LogP contribution is 2.37. The van der Waals surface area contributed by atoms with Gasteiger partial charge in [-0.1, -0.05) is 12.8 Å². The number of aliphatic hydroxyl groups excluding tert-OH is 1. The highest BCUT2D eigenvalue weighted by molar-refractivity contribution is 4.90. The maximum atomic E-state index is 10.1. The fourth-order valence-corrected chi connectivity index (χ4v) is 4.04. The van der Waals surface area contributed by atoms with Crippen LogP contribution in [0.3, 0.4) is 0 Å². The third kappa shape index (κ3) is 3.06. The van der Waals surface area contributed by atoms with Crippen molar-refractivity contribution in [2.24, 2.45) is 17.6 Å². The van der Waals surface area contributed by atoms with E-state index < -0.39 is 0 Å². The predicted octanol–water partition coefficient (Wildman–Crippen LogP) is 1.74.